The van der Waals surface area contributed by atoms with Crippen LogP contribution in [0.1, 0.15) is 56.6 Å². The van der Waals surface area contributed by atoms with E-state index in [1.54, 1.807) is 0 Å². The van der Waals surface area contributed by atoms with Crippen molar-refractivity contribution in [3.63, 3.8) is 0 Å². The molecule has 0 saturated heterocycles. The fourth-order valence-electron chi connectivity index (χ4n) is 2.92. The summed E-state index contributed by atoms with van der Waals surface area (Å²) in [6.45, 7) is 0. The molecule has 1 aromatic rings. The molecule has 1 heterocycles. The van der Waals surface area contributed by atoms with Gasteiger partial charge >= 0.3 is 0 Å². The Hall–Kier alpha value is 0.240. The minimum absolute atomic E-state index is 0.351. The summed E-state index contributed by atoms with van der Waals surface area (Å²) >= 11 is 13.8. The maximum absolute atomic E-state index is 6.26. The normalized spacial score (nSPS) is 19.7. The Kier molecular flexibility index (Phi) is 5.81. The molecule has 0 radical (unpaired) electrons. The first-order valence-electron chi connectivity index (χ1n) is 6.82. The van der Waals surface area contributed by atoms with E-state index in [1.165, 1.54) is 61.8 Å². The summed E-state index contributed by atoms with van der Waals surface area (Å²) in [7, 11) is 2.02. The smallest absolute Gasteiger partial charge is 0.0991 e. The van der Waals surface area contributed by atoms with Crippen molar-refractivity contribution in [2.75, 3.05) is 7.05 Å². The summed E-state index contributed by atoms with van der Waals surface area (Å²) in [4.78, 5) is 0. The topological polar surface area (TPSA) is 12.0 Å². The molecule has 1 N–H and O–H groups in total. The summed E-state index contributed by atoms with van der Waals surface area (Å²) < 4.78 is 1.63. The lowest BCUT2D eigenvalue weighted by Gasteiger charge is -2.22. The molecule has 0 aliphatic heterocycles. The van der Waals surface area contributed by atoms with Gasteiger partial charge < -0.3 is 5.32 Å². The van der Waals surface area contributed by atoms with Crippen LogP contribution in [0.15, 0.2) is 6.07 Å². The van der Waals surface area contributed by atoms with E-state index in [1.807, 2.05) is 13.1 Å². The predicted molar refractivity (Wildman–Crippen MR) is 81.9 cm³/mol. The van der Waals surface area contributed by atoms with E-state index in [4.69, 9.17) is 23.2 Å². The molecule has 102 valence electrons. The van der Waals surface area contributed by atoms with Gasteiger partial charge in [0, 0.05) is 11.6 Å². The minimum Gasteiger partial charge on any atom is -0.313 e. The lowest BCUT2D eigenvalue weighted by Crippen LogP contribution is -2.19. The number of hydrogen-bond donors (Lipinski definition) is 1. The summed E-state index contributed by atoms with van der Waals surface area (Å²) in [5.41, 5.74) is 1.18. The molecule has 0 aromatic carbocycles. The first-order chi connectivity index (χ1) is 8.70. The van der Waals surface area contributed by atoms with Gasteiger partial charge in [0.2, 0.25) is 0 Å². The molecule has 1 aromatic heterocycles. The lowest BCUT2D eigenvalue weighted by atomic mass is 9.90. The molecule has 1 unspecified atom stereocenters. The number of hydrogen-bond acceptors (Lipinski definition) is 2. The zero-order valence-electron chi connectivity index (χ0n) is 10.8. The van der Waals surface area contributed by atoms with Crippen molar-refractivity contribution in [1.82, 2.24) is 5.32 Å². The quantitative estimate of drug-likeness (QED) is 0.706. The average Bonchev–Trinajstić information content (AvgIpc) is 2.57. The second kappa shape index (κ2) is 7.14. The van der Waals surface area contributed by atoms with E-state index >= 15 is 0 Å². The van der Waals surface area contributed by atoms with E-state index < -0.39 is 0 Å². The highest BCUT2D eigenvalue weighted by atomic mass is 35.5. The maximum Gasteiger partial charge on any atom is 0.0991 e. The lowest BCUT2D eigenvalue weighted by molar-refractivity contribution is 0.368. The first kappa shape index (κ1) is 14.6. The van der Waals surface area contributed by atoms with Crippen molar-refractivity contribution in [2.45, 2.75) is 51.0 Å². The van der Waals surface area contributed by atoms with Gasteiger partial charge in [-0.25, -0.2) is 0 Å². The zero-order chi connectivity index (χ0) is 13.0. The Morgan fingerprint density at radius 1 is 1.28 bits per heavy atom. The van der Waals surface area contributed by atoms with Gasteiger partial charge in [0.25, 0.3) is 0 Å². The van der Waals surface area contributed by atoms with Crippen molar-refractivity contribution in [3.8, 4) is 0 Å². The largest absolute Gasteiger partial charge is 0.313 e. The molecule has 1 aliphatic carbocycles. The summed E-state index contributed by atoms with van der Waals surface area (Å²) in [6, 6.07) is 2.37. The van der Waals surface area contributed by atoms with Gasteiger partial charge in [0.15, 0.2) is 0 Å². The molecule has 0 amide bonds. The third kappa shape index (κ3) is 3.86. The Morgan fingerprint density at radius 3 is 2.44 bits per heavy atom. The molecule has 0 bridgehead atoms. The minimum atomic E-state index is 0.351. The van der Waals surface area contributed by atoms with Gasteiger partial charge in [-0.3, -0.25) is 0 Å². The van der Waals surface area contributed by atoms with Crippen LogP contribution in [-0.2, 0) is 0 Å². The Morgan fingerprint density at radius 2 is 1.94 bits per heavy atom. The zero-order valence-corrected chi connectivity index (χ0v) is 13.2. The summed E-state index contributed by atoms with van der Waals surface area (Å²) in [5.74, 6) is 0.833. The molecular formula is C14H21Cl2NS. The van der Waals surface area contributed by atoms with Gasteiger partial charge in [0.1, 0.15) is 0 Å². The van der Waals surface area contributed by atoms with Crippen molar-refractivity contribution in [3.05, 3.63) is 20.3 Å². The van der Waals surface area contributed by atoms with Crippen LogP contribution in [-0.4, -0.2) is 7.05 Å². The number of thiophene rings is 1. The molecule has 1 fully saturated rings. The van der Waals surface area contributed by atoms with Gasteiger partial charge in [-0.1, -0.05) is 61.7 Å². The molecule has 18 heavy (non-hydrogen) atoms. The van der Waals surface area contributed by atoms with Crippen LogP contribution in [0.2, 0.25) is 8.67 Å². The molecule has 1 aliphatic rings. The standard InChI is InChI=1S/C14H21Cl2NS/c1-17-12(11-9-13(15)18-14(11)16)8-10-6-4-2-3-5-7-10/h9-10,12,17H,2-8H2,1H3. The van der Waals surface area contributed by atoms with Crippen molar-refractivity contribution >= 4 is 34.5 Å². The number of halogens is 2. The van der Waals surface area contributed by atoms with Crippen LogP contribution in [0.5, 0.6) is 0 Å². The summed E-state index contributed by atoms with van der Waals surface area (Å²) in [6.07, 6.45) is 9.51. The summed E-state index contributed by atoms with van der Waals surface area (Å²) in [5, 5.41) is 3.40. The fourth-order valence-corrected chi connectivity index (χ4v) is 4.50. The predicted octanol–water partition coefficient (Wildman–Crippen LogP) is 5.68. The molecular weight excluding hydrogens is 285 g/mol. The molecule has 0 spiro atoms. The molecule has 1 nitrogen and oxygen atoms in total. The fraction of sp³-hybridized carbons (Fsp3) is 0.714. The number of nitrogens with one attached hydrogen (secondary N) is 1. The van der Waals surface area contributed by atoms with E-state index in [0.29, 0.717) is 6.04 Å². The third-order valence-electron chi connectivity index (χ3n) is 3.95. The Bertz CT molecular complexity index is 370. The van der Waals surface area contributed by atoms with Crippen molar-refractivity contribution in [2.24, 2.45) is 5.92 Å². The highest BCUT2D eigenvalue weighted by Crippen LogP contribution is 2.38. The van der Waals surface area contributed by atoms with Crippen LogP contribution >= 0.6 is 34.5 Å². The Labute approximate surface area is 124 Å². The van der Waals surface area contributed by atoms with Gasteiger partial charge in [-0.2, -0.15) is 0 Å². The SMILES string of the molecule is CNC(CC1CCCCCC1)c1cc(Cl)sc1Cl. The average molecular weight is 306 g/mol. The van der Waals surface area contributed by atoms with Crippen molar-refractivity contribution in [1.29, 1.82) is 0 Å². The Balaban J connectivity index is 2.02. The van der Waals surface area contributed by atoms with Crippen LogP contribution in [0.4, 0.5) is 0 Å². The van der Waals surface area contributed by atoms with Gasteiger partial charge in [-0.15, -0.1) is 11.3 Å². The molecule has 2 rings (SSSR count). The monoisotopic (exact) mass is 305 g/mol. The van der Waals surface area contributed by atoms with Crippen LogP contribution in [0.3, 0.4) is 0 Å². The molecule has 1 atom stereocenters. The first-order valence-corrected chi connectivity index (χ1v) is 8.40. The van der Waals surface area contributed by atoms with E-state index in [2.05, 4.69) is 5.32 Å². The second-order valence-corrected chi connectivity index (χ2v) is 7.50. The third-order valence-corrected chi connectivity index (χ3v) is 5.47. The molecule has 1 saturated carbocycles. The van der Waals surface area contributed by atoms with E-state index in [9.17, 15) is 0 Å². The van der Waals surface area contributed by atoms with Crippen LogP contribution in [0.25, 0.3) is 0 Å². The van der Waals surface area contributed by atoms with Crippen LogP contribution < -0.4 is 5.32 Å². The second-order valence-electron chi connectivity index (χ2n) is 5.21. The van der Waals surface area contributed by atoms with Crippen molar-refractivity contribution < 1.29 is 0 Å². The van der Waals surface area contributed by atoms with E-state index in [-0.39, 0.29) is 0 Å². The maximum atomic E-state index is 6.26. The van der Waals surface area contributed by atoms with Gasteiger partial charge in [-0.05, 0) is 25.5 Å². The highest BCUT2D eigenvalue weighted by molar-refractivity contribution is 7.20. The highest BCUT2D eigenvalue weighted by Gasteiger charge is 2.21. The van der Waals surface area contributed by atoms with Gasteiger partial charge in [0.05, 0.1) is 8.67 Å². The van der Waals surface area contributed by atoms with E-state index in [0.717, 1.165) is 14.6 Å². The van der Waals surface area contributed by atoms with Crippen LogP contribution in [0, 0.1) is 5.92 Å². The molecule has 4 heteroatoms. The number of rotatable bonds is 4.